The first-order valence-corrected chi connectivity index (χ1v) is 10.0. The highest BCUT2D eigenvalue weighted by atomic mass is 32.1. The number of nitrogens with one attached hydrogen (secondary N) is 2. The maximum Gasteiger partial charge on any atom is 0.387 e. The van der Waals surface area contributed by atoms with E-state index < -0.39 is 12.6 Å². The lowest BCUT2D eigenvalue weighted by atomic mass is 10.2. The number of anilines is 1. The molecule has 3 aromatic rings. The van der Waals surface area contributed by atoms with Crippen LogP contribution in [-0.4, -0.2) is 31.3 Å². The molecule has 2 amide bonds. The molecule has 0 aliphatic heterocycles. The van der Waals surface area contributed by atoms with Gasteiger partial charge in [-0.15, -0.1) is 11.3 Å². The molecule has 0 fully saturated rings. The van der Waals surface area contributed by atoms with Crippen molar-refractivity contribution in [1.82, 2.24) is 10.3 Å². The molecular formula is C21H21F2N3O3S. The van der Waals surface area contributed by atoms with E-state index in [2.05, 4.69) is 20.4 Å². The number of carbonyl (C=O) groups excluding carboxylic acids is 1. The Kier molecular flexibility index (Phi) is 7.18. The number of methoxy groups -OCH3 is 1. The highest BCUT2D eigenvalue weighted by Crippen LogP contribution is 2.31. The van der Waals surface area contributed by atoms with Crippen LogP contribution in [0.1, 0.15) is 11.3 Å². The van der Waals surface area contributed by atoms with Crippen LogP contribution < -0.4 is 20.1 Å². The SMILES string of the molecule is COc1ccc(NC(=O)NCCc2csc(-c3ccc(C)cc3)n2)cc1OC(F)F. The van der Waals surface area contributed by atoms with Crippen molar-refractivity contribution in [2.45, 2.75) is 20.0 Å². The largest absolute Gasteiger partial charge is 0.493 e. The van der Waals surface area contributed by atoms with Gasteiger partial charge in [-0.3, -0.25) is 0 Å². The molecule has 9 heteroatoms. The zero-order valence-corrected chi connectivity index (χ0v) is 17.3. The average molecular weight is 433 g/mol. The fourth-order valence-electron chi connectivity index (χ4n) is 2.67. The molecule has 0 saturated carbocycles. The number of halogens is 2. The molecule has 2 aromatic carbocycles. The summed E-state index contributed by atoms with van der Waals surface area (Å²) in [5, 5.41) is 8.19. The van der Waals surface area contributed by atoms with Gasteiger partial charge < -0.3 is 20.1 Å². The van der Waals surface area contributed by atoms with Gasteiger partial charge in [-0.1, -0.05) is 29.8 Å². The van der Waals surface area contributed by atoms with E-state index in [4.69, 9.17) is 4.74 Å². The number of alkyl halides is 2. The molecule has 30 heavy (non-hydrogen) atoms. The summed E-state index contributed by atoms with van der Waals surface area (Å²) in [5.74, 6) is -0.00872. The lowest BCUT2D eigenvalue weighted by Crippen LogP contribution is -2.30. The smallest absolute Gasteiger partial charge is 0.387 e. The van der Waals surface area contributed by atoms with Gasteiger partial charge in [0.15, 0.2) is 11.5 Å². The molecule has 2 N–H and O–H groups in total. The normalized spacial score (nSPS) is 10.7. The third-order valence-corrected chi connectivity index (χ3v) is 5.09. The molecule has 3 rings (SSSR count). The maximum absolute atomic E-state index is 12.5. The van der Waals surface area contributed by atoms with Gasteiger partial charge in [-0.05, 0) is 19.1 Å². The third kappa shape index (κ3) is 5.90. The number of aromatic nitrogens is 1. The number of carbonyl (C=O) groups is 1. The zero-order valence-electron chi connectivity index (χ0n) is 16.4. The van der Waals surface area contributed by atoms with E-state index in [0.29, 0.717) is 18.7 Å². The molecule has 1 aromatic heterocycles. The molecule has 0 unspecified atom stereocenters. The van der Waals surface area contributed by atoms with E-state index in [-0.39, 0.29) is 11.5 Å². The second-order valence-electron chi connectivity index (χ2n) is 6.39. The number of thiazole rings is 1. The molecule has 0 radical (unpaired) electrons. The zero-order chi connectivity index (χ0) is 21.5. The molecule has 1 heterocycles. The van der Waals surface area contributed by atoms with E-state index in [1.165, 1.54) is 30.9 Å². The first kappa shape index (κ1) is 21.5. The van der Waals surface area contributed by atoms with Crippen molar-refractivity contribution in [2.75, 3.05) is 19.0 Å². The monoisotopic (exact) mass is 433 g/mol. The number of nitrogens with zero attached hydrogens (tertiary/aromatic N) is 1. The van der Waals surface area contributed by atoms with Crippen LogP contribution in [0.3, 0.4) is 0 Å². The summed E-state index contributed by atoms with van der Waals surface area (Å²) >= 11 is 1.55. The van der Waals surface area contributed by atoms with E-state index >= 15 is 0 Å². The molecule has 158 valence electrons. The van der Waals surface area contributed by atoms with Crippen molar-refractivity contribution >= 4 is 23.1 Å². The predicted octanol–water partition coefficient (Wildman–Crippen LogP) is 5.09. The van der Waals surface area contributed by atoms with Gasteiger partial charge >= 0.3 is 12.6 Å². The number of benzene rings is 2. The van der Waals surface area contributed by atoms with Crippen LogP contribution in [-0.2, 0) is 6.42 Å². The summed E-state index contributed by atoms with van der Waals surface area (Å²) in [7, 11) is 1.34. The van der Waals surface area contributed by atoms with E-state index in [1.54, 1.807) is 11.3 Å². The van der Waals surface area contributed by atoms with Gasteiger partial charge in [0.25, 0.3) is 0 Å². The Hall–Kier alpha value is -3.20. The Labute approximate surface area is 176 Å². The van der Waals surface area contributed by atoms with Crippen molar-refractivity contribution in [1.29, 1.82) is 0 Å². The molecular weight excluding hydrogens is 412 g/mol. The van der Waals surface area contributed by atoms with E-state index in [0.717, 1.165) is 16.3 Å². The Morgan fingerprint density at radius 2 is 1.93 bits per heavy atom. The summed E-state index contributed by atoms with van der Waals surface area (Å²) in [6, 6.07) is 11.9. The standard InChI is InChI=1S/C21H21F2N3O3S/c1-13-3-5-14(6-4-13)19-25-16(12-30-19)9-10-24-21(27)26-15-7-8-17(28-2)18(11-15)29-20(22)23/h3-8,11-12,20H,9-10H2,1-2H3,(H2,24,26,27). The van der Waals surface area contributed by atoms with Crippen molar-refractivity contribution < 1.29 is 23.0 Å². The van der Waals surface area contributed by atoms with Crippen molar-refractivity contribution in [2.24, 2.45) is 0 Å². The molecule has 0 atom stereocenters. The van der Waals surface area contributed by atoms with Crippen LogP contribution in [0.4, 0.5) is 19.3 Å². The fourth-order valence-corrected chi connectivity index (χ4v) is 3.53. The van der Waals surface area contributed by atoms with Crippen molar-refractivity contribution in [3.63, 3.8) is 0 Å². The van der Waals surface area contributed by atoms with Crippen LogP contribution >= 0.6 is 11.3 Å². The first-order chi connectivity index (χ1) is 14.4. The number of hydrogen-bond acceptors (Lipinski definition) is 5. The van der Waals surface area contributed by atoms with Crippen LogP contribution in [0.2, 0.25) is 0 Å². The van der Waals surface area contributed by atoms with Crippen LogP contribution in [0.25, 0.3) is 10.6 Å². The lowest BCUT2D eigenvalue weighted by Gasteiger charge is -2.12. The molecule has 0 aliphatic rings. The van der Waals surface area contributed by atoms with Crippen LogP contribution in [0.15, 0.2) is 47.8 Å². The van der Waals surface area contributed by atoms with Crippen LogP contribution in [0, 0.1) is 6.92 Å². The summed E-state index contributed by atoms with van der Waals surface area (Å²) < 4.78 is 34.4. The number of hydrogen-bond donors (Lipinski definition) is 2. The molecule has 0 aliphatic carbocycles. The van der Waals surface area contributed by atoms with Gasteiger partial charge in [0.05, 0.1) is 12.8 Å². The number of rotatable bonds is 8. The van der Waals surface area contributed by atoms with E-state index in [9.17, 15) is 13.6 Å². The molecule has 6 nitrogen and oxygen atoms in total. The summed E-state index contributed by atoms with van der Waals surface area (Å²) in [4.78, 5) is 16.7. The Balaban J connectivity index is 1.51. The minimum atomic E-state index is -2.99. The Bertz CT molecular complexity index is 993. The van der Waals surface area contributed by atoms with Crippen molar-refractivity contribution in [3.05, 3.63) is 59.1 Å². The summed E-state index contributed by atoms with van der Waals surface area (Å²) in [5.41, 5.74) is 3.44. The Morgan fingerprint density at radius 3 is 2.63 bits per heavy atom. The fraction of sp³-hybridized carbons (Fsp3) is 0.238. The minimum Gasteiger partial charge on any atom is -0.493 e. The first-order valence-electron chi connectivity index (χ1n) is 9.13. The summed E-state index contributed by atoms with van der Waals surface area (Å²) in [6.45, 7) is -0.586. The van der Waals surface area contributed by atoms with Crippen LogP contribution in [0.5, 0.6) is 11.5 Å². The lowest BCUT2D eigenvalue weighted by molar-refractivity contribution is -0.0511. The number of aryl methyl sites for hydroxylation is 1. The third-order valence-electron chi connectivity index (χ3n) is 4.15. The van der Waals surface area contributed by atoms with Gasteiger partial charge in [0.2, 0.25) is 0 Å². The van der Waals surface area contributed by atoms with Gasteiger partial charge in [-0.2, -0.15) is 8.78 Å². The number of amides is 2. The van der Waals surface area contributed by atoms with Gasteiger partial charge in [-0.25, -0.2) is 9.78 Å². The van der Waals surface area contributed by atoms with Gasteiger partial charge in [0, 0.05) is 35.7 Å². The highest BCUT2D eigenvalue weighted by Gasteiger charge is 2.12. The highest BCUT2D eigenvalue weighted by molar-refractivity contribution is 7.13. The van der Waals surface area contributed by atoms with Crippen molar-refractivity contribution in [3.8, 4) is 22.1 Å². The van der Waals surface area contributed by atoms with E-state index in [1.807, 2.05) is 36.6 Å². The minimum absolute atomic E-state index is 0.147. The number of urea groups is 1. The Morgan fingerprint density at radius 1 is 1.17 bits per heavy atom. The number of ether oxygens (including phenoxy) is 2. The maximum atomic E-state index is 12.5. The second kappa shape index (κ2) is 10.0. The summed E-state index contributed by atoms with van der Waals surface area (Å²) in [6.07, 6.45) is 0.568. The molecule has 0 saturated heterocycles. The second-order valence-corrected chi connectivity index (χ2v) is 7.24. The topological polar surface area (TPSA) is 72.5 Å². The quantitative estimate of drug-likeness (QED) is 0.519. The van der Waals surface area contributed by atoms with Gasteiger partial charge in [0.1, 0.15) is 5.01 Å². The molecule has 0 spiro atoms. The average Bonchev–Trinajstić information content (AvgIpc) is 3.17. The predicted molar refractivity (Wildman–Crippen MR) is 113 cm³/mol. The molecule has 0 bridgehead atoms.